The van der Waals surface area contributed by atoms with Gasteiger partial charge in [-0.25, -0.2) is 14.5 Å². The molecule has 2 aliphatic rings. The number of imidazole rings is 2. The largest absolute Gasteiger partial charge is 0.694 e. The molecule has 0 aromatic carbocycles. The Kier molecular flexibility index (Phi) is 8.47. The van der Waals surface area contributed by atoms with Crippen LogP contribution in [0.3, 0.4) is 0 Å². The zero-order valence-corrected chi connectivity index (χ0v) is 24.6. The summed E-state index contributed by atoms with van der Waals surface area (Å²) in [6, 6.07) is 0. The quantitative estimate of drug-likeness (QED) is 0.0727. The monoisotopic (exact) mass is 691 g/mol. The molecule has 0 radical (unpaired) electrons. The Morgan fingerprint density at radius 2 is 1.41 bits per heavy atom. The van der Waals surface area contributed by atoms with E-state index < -0.39 is 89.5 Å². The van der Waals surface area contributed by atoms with Crippen molar-refractivity contribution in [1.29, 1.82) is 0 Å². The maximum atomic E-state index is 13.0. The second kappa shape index (κ2) is 12.1. The van der Waals surface area contributed by atoms with E-state index in [0.717, 1.165) is 21.8 Å². The number of hydrogen-bond acceptors (Lipinski definition) is 18. The highest BCUT2D eigenvalue weighted by molar-refractivity contribution is 7.47. The van der Waals surface area contributed by atoms with Crippen molar-refractivity contribution in [1.82, 2.24) is 39.0 Å². The summed E-state index contributed by atoms with van der Waals surface area (Å²) in [5.74, 6) is -0.542. The molecule has 6 rings (SSSR count). The number of anilines is 2. The van der Waals surface area contributed by atoms with Gasteiger partial charge in [0.25, 0.3) is 11.1 Å². The van der Waals surface area contributed by atoms with Gasteiger partial charge in [-0.05, 0) is 0 Å². The van der Waals surface area contributed by atoms with Crippen molar-refractivity contribution >= 4 is 50.3 Å². The third-order valence-corrected chi connectivity index (χ3v) is 8.46. The molecule has 248 valence electrons. The molecule has 0 saturated carbocycles. The van der Waals surface area contributed by atoms with Crippen LogP contribution in [0.2, 0.25) is 0 Å². The number of aromatic nitrogens is 8. The number of nitrogens with zero attached hydrogens (tertiary/aromatic N) is 6. The summed E-state index contributed by atoms with van der Waals surface area (Å²) in [5.41, 5.74) is 9.30. The number of aliphatic hydroxyl groups is 3. The number of aromatic amines is 2. The van der Waals surface area contributed by atoms with Crippen molar-refractivity contribution in [3.05, 3.63) is 33.4 Å². The van der Waals surface area contributed by atoms with E-state index in [1.54, 1.807) is 0 Å². The maximum absolute atomic E-state index is 13.0. The van der Waals surface area contributed by atoms with Crippen LogP contribution in [-0.4, -0.2) is 114 Å². The van der Waals surface area contributed by atoms with Gasteiger partial charge in [0.1, 0.15) is 43.2 Å². The summed E-state index contributed by atoms with van der Waals surface area (Å²) in [4.78, 5) is 64.2. The van der Waals surface area contributed by atoms with Crippen molar-refractivity contribution in [3.8, 4) is 0 Å². The Morgan fingerprint density at radius 1 is 0.891 bits per heavy atom. The molecule has 2 unspecified atom stereocenters. The lowest BCUT2D eigenvalue weighted by Gasteiger charge is -2.23. The molecular formula is C20H25N10O14P2+. The van der Waals surface area contributed by atoms with Crippen LogP contribution >= 0.6 is 16.1 Å². The predicted octanol–water partition coefficient (Wildman–Crippen LogP) is -3.54. The van der Waals surface area contributed by atoms with Gasteiger partial charge in [-0.15, -0.1) is 9.42 Å². The summed E-state index contributed by atoms with van der Waals surface area (Å²) in [6.07, 6.45) is -10.5. The van der Waals surface area contributed by atoms with Crippen LogP contribution in [0, 0.1) is 0 Å². The van der Waals surface area contributed by atoms with Gasteiger partial charge in [-0.1, -0.05) is 0 Å². The minimum absolute atomic E-state index is 0.0777. The number of phosphoric ester groups is 1. The molecule has 0 aliphatic carbocycles. The van der Waals surface area contributed by atoms with Gasteiger partial charge in [-0.3, -0.25) is 37.7 Å². The number of nitrogen functional groups attached to an aromatic ring is 2. The van der Waals surface area contributed by atoms with Gasteiger partial charge >= 0.3 is 16.1 Å². The summed E-state index contributed by atoms with van der Waals surface area (Å²) in [5, 5.41) is 32.3. The first kappa shape index (κ1) is 32.2. The Bertz CT molecular complexity index is 1960. The number of ether oxygens (including phenoxy) is 2. The first-order valence-corrected chi connectivity index (χ1v) is 15.6. The maximum Gasteiger partial charge on any atom is 0.694 e. The number of rotatable bonds is 10. The summed E-state index contributed by atoms with van der Waals surface area (Å²) >= 11 is 0. The first-order valence-electron chi connectivity index (χ1n) is 13.0. The van der Waals surface area contributed by atoms with E-state index >= 15 is 0 Å². The third-order valence-electron chi connectivity index (χ3n) is 7.10. The Labute approximate surface area is 254 Å². The first-order chi connectivity index (χ1) is 21.7. The number of phosphoric acid groups is 1. The summed E-state index contributed by atoms with van der Waals surface area (Å²) in [7, 11) is -8.34. The molecule has 4 aromatic heterocycles. The van der Waals surface area contributed by atoms with Crippen LogP contribution in [0.1, 0.15) is 12.5 Å². The van der Waals surface area contributed by atoms with Crippen molar-refractivity contribution < 1.29 is 57.3 Å². The Balaban J connectivity index is 1.18. The lowest BCUT2D eigenvalue weighted by molar-refractivity contribution is -0.0573. The molecule has 11 N–H and O–H groups in total. The van der Waals surface area contributed by atoms with Gasteiger partial charge in [0, 0.05) is 4.57 Å². The van der Waals surface area contributed by atoms with Gasteiger partial charge in [0.2, 0.25) is 11.9 Å². The summed E-state index contributed by atoms with van der Waals surface area (Å²) < 4.78 is 52.6. The number of hydrogen-bond donors (Lipinski definition) is 9. The zero-order chi connectivity index (χ0) is 33.1. The molecule has 0 bridgehead atoms. The van der Waals surface area contributed by atoms with Crippen LogP contribution in [0.5, 0.6) is 0 Å². The second-order valence-electron chi connectivity index (χ2n) is 10.0. The summed E-state index contributed by atoms with van der Waals surface area (Å²) in [6.45, 7) is -1.56. The second-order valence-corrected chi connectivity index (χ2v) is 12.2. The van der Waals surface area contributed by atoms with Crippen LogP contribution in [0.4, 0.5) is 11.9 Å². The Morgan fingerprint density at radius 3 is 1.96 bits per heavy atom. The lowest BCUT2D eigenvalue weighted by Crippen LogP contribution is -2.36. The molecule has 2 aliphatic heterocycles. The van der Waals surface area contributed by atoms with Crippen molar-refractivity contribution in [2.45, 2.75) is 49.1 Å². The van der Waals surface area contributed by atoms with Crippen LogP contribution < -0.4 is 22.6 Å². The number of aliphatic hydroxyl groups excluding tert-OH is 3. The highest BCUT2D eigenvalue weighted by Gasteiger charge is 2.51. The molecular weight excluding hydrogens is 666 g/mol. The Hall–Kier alpha value is -3.77. The van der Waals surface area contributed by atoms with Crippen LogP contribution in [0.15, 0.2) is 22.2 Å². The van der Waals surface area contributed by atoms with Gasteiger partial charge < -0.3 is 41.2 Å². The molecule has 26 heteroatoms. The molecule has 6 heterocycles. The average molecular weight is 691 g/mol. The van der Waals surface area contributed by atoms with Crippen molar-refractivity contribution in [2.24, 2.45) is 0 Å². The minimum Gasteiger partial charge on any atom is -0.387 e. The van der Waals surface area contributed by atoms with Crippen LogP contribution in [-0.2, 0) is 32.2 Å². The molecule has 10 atom stereocenters. The normalized spacial score (nSPS) is 29.9. The minimum atomic E-state index is -5.17. The van der Waals surface area contributed by atoms with E-state index in [4.69, 9.17) is 34.9 Å². The van der Waals surface area contributed by atoms with Crippen molar-refractivity contribution in [3.63, 3.8) is 0 Å². The molecule has 24 nitrogen and oxygen atoms in total. The number of fused-ring (bicyclic) bond motifs is 2. The number of nitrogens with one attached hydrogen (secondary N) is 2. The number of H-pyrrole nitrogens is 2. The fourth-order valence-electron chi connectivity index (χ4n) is 5.06. The van der Waals surface area contributed by atoms with E-state index in [-0.39, 0.29) is 34.2 Å². The van der Waals surface area contributed by atoms with Gasteiger partial charge in [-0.2, -0.15) is 9.97 Å². The van der Waals surface area contributed by atoms with Gasteiger partial charge in [0.15, 0.2) is 34.8 Å². The van der Waals surface area contributed by atoms with Crippen LogP contribution in [0.25, 0.3) is 22.3 Å². The smallest absolute Gasteiger partial charge is 0.387 e. The highest BCUT2D eigenvalue weighted by Crippen LogP contribution is 2.49. The van der Waals surface area contributed by atoms with E-state index in [1.807, 2.05) is 0 Å². The molecule has 2 fully saturated rings. The van der Waals surface area contributed by atoms with Gasteiger partial charge in [0.05, 0.1) is 19.3 Å². The molecule has 0 amide bonds. The predicted molar refractivity (Wildman–Crippen MR) is 147 cm³/mol. The molecule has 2 saturated heterocycles. The zero-order valence-electron chi connectivity index (χ0n) is 22.8. The van der Waals surface area contributed by atoms with Crippen molar-refractivity contribution in [2.75, 3.05) is 24.7 Å². The average Bonchev–Trinajstić information content (AvgIpc) is 3.72. The molecule has 4 aromatic rings. The van der Waals surface area contributed by atoms with E-state index in [0.29, 0.717) is 0 Å². The fraction of sp³-hybridized carbons (Fsp3) is 0.500. The molecule has 46 heavy (non-hydrogen) atoms. The topological polar surface area (TPSA) is 361 Å². The fourth-order valence-corrected chi connectivity index (χ4v) is 6.30. The SMILES string of the molecule is Nc1nc2c(ncn2[C@@H]2O[C@H](COP(=O)(O)O[C@H]3[C@@H](O)[C@H](n4cnc5c(=O)[nH]c(N)nc54)O[C@@H]3CO[P+](=O)O)[C@@H](O)[C@H]2O)c(=O)[nH]1. The van der Waals surface area contributed by atoms with E-state index in [2.05, 4.69) is 34.4 Å². The standard InChI is InChI=1S/C20H24N10O14P2/c21-19-25-13-7(15(34)27-19)23-3-29(13)17-10(32)9(31)5(42-17)2-41-46(38,39)44-12-6(1-40-45(36)37)43-18(11(12)33)30-4-24-8-14(30)26-20(22)28-16(8)35/h3-6,9-12,17-18,31-33H,1-2H2,(H7-,21,22,25,26,27,28,34,35,36,37,38,39)/p+1/t5-,6-,9-,10-,11-,12-,17-,18-/m1/s1. The molecule has 0 spiro atoms. The lowest BCUT2D eigenvalue weighted by atomic mass is 10.1. The highest BCUT2D eigenvalue weighted by atomic mass is 31.2. The third kappa shape index (κ3) is 5.92. The number of nitrogens with two attached hydrogens (primary N) is 2. The van der Waals surface area contributed by atoms with E-state index in [9.17, 15) is 38.9 Å². The van der Waals surface area contributed by atoms with E-state index in [1.165, 1.54) is 0 Å².